The third kappa shape index (κ3) is 2.96. The van der Waals surface area contributed by atoms with Crippen LogP contribution in [-0.4, -0.2) is 33.4 Å². The monoisotopic (exact) mass is 241 g/mol. The maximum Gasteiger partial charge on any atom is 0.285 e. The minimum atomic E-state index is -3.70. The molecule has 0 unspecified atom stereocenters. The third-order valence-electron chi connectivity index (χ3n) is 1.99. The second kappa shape index (κ2) is 4.52. The highest BCUT2D eigenvalue weighted by molar-refractivity contribution is 7.90. The van der Waals surface area contributed by atoms with E-state index in [2.05, 4.69) is 4.40 Å². The van der Waals surface area contributed by atoms with Crippen molar-refractivity contribution in [1.82, 2.24) is 4.90 Å². The minimum Gasteiger partial charge on any atom is -0.369 e. The second-order valence-electron chi connectivity index (χ2n) is 3.63. The van der Waals surface area contributed by atoms with Crippen LogP contribution in [0.25, 0.3) is 0 Å². The van der Waals surface area contributed by atoms with Crippen molar-refractivity contribution in [1.29, 1.82) is 0 Å². The van der Waals surface area contributed by atoms with Gasteiger partial charge in [-0.15, -0.1) is 4.40 Å². The summed E-state index contributed by atoms with van der Waals surface area (Å²) in [5.41, 5.74) is 6.46. The number of hydrogen-bond acceptors (Lipinski definition) is 2. The van der Waals surface area contributed by atoms with Gasteiger partial charge < -0.3 is 10.6 Å². The van der Waals surface area contributed by atoms with E-state index in [0.717, 1.165) is 5.56 Å². The van der Waals surface area contributed by atoms with Crippen LogP contribution in [0.3, 0.4) is 0 Å². The zero-order chi connectivity index (χ0) is 12.3. The van der Waals surface area contributed by atoms with E-state index in [-0.39, 0.29) is 10.9 Å². The Bertz CT molecular complexity index is 489. The lowest BCUT2D eigenvalue weighted by molar-refractivity contribution is 0.590. The van der Waals surface area contributed by atoms with Gasteiger partial charge in [-0.3, -0.25) is 0 Å². The van der Waals surface area contributed by atoms with Crippen molar-refractivity contribution in [2.45, 2.75) is 11.8 Å². The molecule has 16 heavy (non-hydrogen) atoms. The van der Waals surface area contributed by atoms with Gasteiger partial charge in [0, 0.05) is 14.1 Å². The minimum absolute atomic E-state index is 0.0411. The molecule has 0 saturated heterocycles. The van der Waals surface area contributed by atoms with Crippen LogP contribution in [0, 0.1) is 6.92 Å². The molecule has 1 aromatic carbocycles. The Balaban J connectivity index is 3.13. The standard InChI is InChI=1S/C10H15N3O2S/c1-8-4-6-9(7-5-8)16(14,15)12-10(11)13(2)3/h4-7H,1-3H3,(H2,11,12). The Morgan fingerprint density at radius 3 is 2.19 bits per heavy atom. The molecule has 0 atom stereocenters. The van der Waals surface area contributed by atoms with Gasteiger partial charge >= 0.3 is 0 Å². The Hall–Kier alpha value is -1.56. The van der Waals surface area contributed by atoms with Gasteiger partial charge in [0.25, 0.3) is 10.0 Å². The number of hydrogen-bond donors (Lipinski definition) is 1. The average Bonchev–Trinajstić information content (AvgIpc) is 2.17. The molecule has 0 aromatic heterocycles. The molecule has 88 valence electrons. The van der Waals surface area contributed by atoms with E-state index in [4.69, 9.17) is 5.73 Å². The van der Waals surface area contributed by atoms with Crippen LogP contribution in [0.1, 0.15) is 5.56 Å². The summed E-state index contributed by atoms with van der Waals surface area (Å²) in [4.78, 5) is 1.58. The van der Waals surface area contributed by atoms with E-state index in [9.17, 15) is 8.42 Å². The van der Waals surface area contributed by atoms with Crippen LogP contribution in [-0.2, 0) is 10.0 Å². The van der Waals surface area contributed by atoms with Crippen LogP contribution in [0.5, 0.6) is 0 Å². The van der Waals surface area contributed by atoms with Crippen LogP contribution in [0.15, 0.2) is 33.6 Å². The SMILES string of the molecule is Cc1ccc(S(=O)(=O)N=C(N)N(C)C)cc1. The van der Waals surface area contributed by atoms with Crippen LogP contribution < -0.4 is 5.73 Å². The number of sulfonamides is 1. The molecule has 1 aromatic rings. The van der Waals surface area contributed by atoms with Crippen LogP contribution in [0.2, 0.25) is 0 Å². The summed E-state index contributed by atoms with van der Waals surface area (Å²) in [5.74, 6) is -0.0411. The zero-order valence-corrected chi connectivity index (χ0v) is 10.3. The molecule has 0 spiro atoms. The Morgan fingerprint density at radius 2 is 1.75 bits per heavy atom. The Morgan fingerprint density at radius 1 is 1.25 bits per heavy atom. The van der Waals surface area contributed by atoms with Gasteiger partial charge in [-0.05, 0) is 19.1 Å². The number of rotatable bonds is 2. The first-order valence-corrected chi connectivity index (χ1v) is 6.11. The first kappa shape index (κ1) is 12.5. The summed E-state index contributed by atoms with van der Waals surface area (Å²) < 4.78 is 27.0. The van der Waals surface area contributed by atoms with Gasteiger partial charge in [-0.25, -0.2) is 0 Å². The summed E-state index contributed by atoms with van der Waals surface area (Å²) in [6.07, 6.45) is 0. The average molecular weight is 241 g/mol. The fourth-order valence-electron chi connectivity index (χ4n) is 0.968. The van der Waals surface area contributed by atoms with Crippen molar-refractivity contribution >= 4 is 16.0 Å². The van der Waals surface area contributed by atoms with Crippen LogP contribution in [0.4, 0.5) is 0 Å². The van der Waals surface area contributed by atoms with Gasteiger partial charge in [-0.2, -0.15) is 8.42 Å². The number of guanidine groups is 1. The molecule has 0 heterocycles. The predicted molar refractivity (Wildman–Crippen MR) is 63.7 cm³/mol. The summed E-state index contributed by atoms with van der Waals surface area (Å²) in [6.45, 7) is 1.88. The lowest BCUT2D eigenvalue weighted by atomic mass is 10.2. The highest BCUT2D eigenvalue weighted by atomic mass is 32.2. The molecule has 0 aliphatic rings. The molecule has 5 nitrogen and oxygen atoms in total. The molecular weight excluding hydrogens is 226 g/mol. The number of benzene rings is 1. The van der Waals surface area contributed by atoms with E-state index < -0.39 is 10.0 Å². The van der Waals surface area contributed by atoms with Crippen molar-refractivity contribution in [3.63, 3.8) is 0 Å². The van der Waals surface area contributed by atoms with Crippen molar-refractivity contribution in [2.75, 3.05) is 14.1 Å². The van der Waals surface area contributed by atoms with Crippen molar-refractivity contribution in [3.8, 4) is 0 Å². The largest absolute Gasteiger partial charge is 0.369 e. The quantitative estimate of drug-likeness (QED) is 0.606. The van der Waals surface area contributed by atoms with E-state index in [1.807, 2.05) is 6.92 Å². The molecule has 0 saturated carbocycles. The summed E-state index contributed by atoms with van der Waals surface area (Å²) in [5, 5.41) is 0. The maximum atomic E-state index is 11.8. The number of aryl methyl sites for hydroxylation is 1. The second-order valence-corrected chi connectivity index (χ2v) is 5.24. The van der Waals surface area contributed by atoms with E-state index >= 15 is 0 Å². The van der Waals surface area contributed by atoms with Gasteiger partial charge in [-0.1, -0.05) is 17.7 Å². The highest BCUT2D eigenvalue weighted by Gasteiger charge is 2.13. The molecule has 0 aliphatic heterocycles. The fraction of sp³-hybridized carbons (Fsp3) is 0.300. The number of nitrogens with zero attached hydrogens (tertiary/aromatic N) is 2. The highest BCUT2D eigenvalue weighted by Crippen LogP contribution is 2.12. The molecule has 0 radical (unpaired) electrons. The zero-order valence-electron chi connectivity index (χ0n) is 9.51. The first-order chi connectivity index (χ1) is 7.33. The topological polar surface area (TPSA) is 75.8 Å². The maximum absolute atomic E-state index is 11.8. The van der Waals surface area contributed by atoms with Gasteiger partial charge in [0.2, 0.25) is 5.96 Å². The van der Waals surface area contributed by atoms with E-state index in [0.29, 0.717) is 0 Å². The fourth-order valence-corrected chi connectivity index (χ4v) is 1.96. The van der Waals surface area contributed by atoms with Crippen molar-refractivity contribution in [2.24, 2.45) is 10.1 Å². The predicted octanol–water partition coefficient (Wildman–Crippen LogP) is 0.560. The van der Waals surface area contributed by atoms with E-state index in [1.165, 1.54) is 17.0 Å². The molecular formula is C10H15N3O2S. The van der Waals surface area contributed by atoms with Crippen molar-refractivity contribution < 1.29 is 8.42 Å². The molecule has 0 fully saturated rings. The van der Waals surface area contributed by atoms with Gasteiger partial charge in [0.05, 0.1) is 4.90 Å². The summed E-state index contributed by atoms with van der Waals surface area (Å²) >= 11 is 0. The van der Waals surface area contributed by atoms with E-state index in [1.54, 1.807) is 26.2 Å². The molecule has 0 bridgehead atoms. The lowest BCUT2D eigenvalue weighted by Crippen LogP contribution is -2.31. The first-order valence-electron chi connectivity index (χ1n) is 4.67. The summed E-state index contributed by atoms with van der Waals surface area (Å²) in [6, 6.07) is 6.46. The molecule has 2 N–H and O–H groups in total. The van der Waals surface area contributed by atoms with Crippen LogP contribution >= 0.6 is 0 Å². The molecule has 6 heteroatoms. The van der Waals surface area contributed by atoms with Crippen molar-refractivity contribution in [3.05, 3.63) is 29.8 Å². The smallest absolute Gasteiger partial charge is 0.285 e. The lowest BCUT2D eigenvalue weighted by Gasteiger charge is -2.10. The third-order valence-corrected chi connectivity index (χ3v) is 3.29. The van der Waals surface area contributed by atoms with Gasteiger partial charge in [0.1, 0.15) is 0 Å². The molecule has 0 aliphatic carbocycles. The molecule has 1 rings (SSSR count). The Labute approximate surface area is 95.6 Å². The summed E-state index contributed by atoms with van der Waals surface area (Å²) in [7, 11) is -0.443. The Kier molecular flexibility index (Phi) is 3.54. The molecule has 0 amide bonds. The number of nitrogens with two attached hydrogens (primary N) is 1. The normalized spacial score (nSPS) is 12.6. The van der Waals surface area contributed by atoms with Gasteiger partial charge in [0.15, 0.2) is 0 Å².